The molecule has 0 saturated carbocycles. The zero-order valence-electron chi connectivity index (χ0n) is 47.2. The van der Waals surface area contributed by atoms with Crippen LogP contribution in [-0.4, -0.2) is 4.57 Å². The molecule has 0 amide bonds. The van der Waals surface area contributed by atoms with Gasteiger partial charge in [-0.2, -0.15) is 0 Å². The van der Waals surface area contributed by atoms with Gasteiger partial charge in [0.05, 0.1) is 16.4 Å². The fourth-order valence-corrected chi connectivity index (χ4v) is 14.5. The van der Waals surface area contributed by atoms with Gasteiger partial charge >= 0.3 is 0 Å². The Morgan fingerprint density at radius 1 is 0.186 bits per heavy atom. The van der Waals surface area contributed by atoms with Crippen LogP contribution in [0.5, 0.6) is 0 Å². The molecule has 0 spiro atoms. The normalized spacial score (nSPS) is 12.5. The van der Waals surface area contributed by atoms with Crippen LogP contribution in [0.25, 0.3) is 138 Å². The van der Waals surface area contributed by atoms with Gasteiger partial charge in [0.25, 0.3) is 0 Å². The van der Waals surface area contributed by atoms with Gasteiger partial charge in [-0.05, 0) is 211 Å². The van der Waals surface area contributed by atoms with Crippen LogP contribution in [0.1, 0.15) is 22.3 Å². The summed E-state index contributed by atoms with van der Waals surface area (Å²) in [6.45, 7) is 0. The van der Waals surface area contributed by atoms with Gasteiger partial charge in [-0.25, -0.2) is 0 Å². The summed E-state index contributed by atoms with van der Waals surface area (Å²) in [5.74, 6) is 0. The van der Waals surface area contributed by atoms with E-state index >= 15 is 0 Å². The lowest BCUT2D eigenvalue weighted by atomic mass is 9.67. The Morgan fingerprint density at radius 2 is 0.558 bits per heavy atom. The number of hydrogen-bond acceptors (Lipinski definition) is 0. The van der Waals surface area contributed by atoms with Gasteiger partial charge in [0.15, 0.2) is 0 Å². The van der Waals surface area contributed by atoms with Crippen molar-refractivity contribution in [3.05, 3.63) is 356 Å². The molecule has 1 heteroatoms. The van der Waals surface area contributed by atoms with Gasteiger partial charge < -0.3 is 4.57 Å². The summed E-state index contributed by atoms with van der Waals surface area (Å²) in [5, 5.41) is 9.84. The summed E-state index contributed by atoms with van der Waals surface area (Å²) in [5.41, 5.74) is 24.7. The molecule has 17 rings (SSSR count). The van der Waals surface area contributed by atoms with Crippen LogP contribution in [0.2, 0.25) is 0 Å². The second kappa shape index (κ2) is 20.1. The van der Waals surface area contributed by atoms with E-state index in [1.165, 1.54) is 149 Å². The van der Waals surface area contributed by atoms with E-state index in [0.717, 1.165) is 11.2 Å². The quantitative estimate of drug-likeness (QED) is 0.127. The van der Waals surface area contributed by atoms with Crippen LogP contribution in [0.15, 0.2) is 334 Å². The summed E-state index contributed by atoms with van der Waals surface area (Å²) >= 11 is 0. The monoisotopic (exact) mass is 1090 g/mol. The number of nitrogens with zero attached hydrogens (tertiary/aromatic N) is 1. The van der Waals surface area contributed by atoms with E-state index in [9.17, 15) is 0 Å². The van der Waals surface area contributed by atoms with Crippen LogP contribution in [0.3, 0.4) is 0 Å². The minimum Gasteiger partial charge on any atom is -0.309 e. The third-order valence-electron chi connectivity index (χ3n) is 18.4. The van der Waals surface area contributed by atoms with E-state index in [1.807, 2.05) is 0 Å². The molecule has 1 heterocycles. The number of hydrogen-bond donors (Lipinski definition) is 0. The largest absolute Gasteiger partial charge is 0.309 e. The predicted molar refractivity (Wildman–Crippen MR) is 363 cm³/mol. The molecule has 1 aliphatic carbocycles. The Labute approximate surface area is 500 Å². The molecule has 0 saturated heterocycles. The first kappa shape index (κ1) is 49.5. The van der Waals surface area contributed by atoms with Crippen molar-refractivity contribution in [3.63, 3.8) is 0 Å². The zero-order chi connectivity index (χ0) is 56.7. The van der Waals surface area contributed by atoms with Crippen molar-refractivity contribution in [1.29, 1.82) is 0 Å². The van der Waals surface area contributed by atoms with Gasteiger partial charge in [0.1, 0.15) is 0 Å². The molecule has 0 unspecified atom stereocenters. The second-order valence-electron chi connectivity index (χ2n) is 23.1. The van der Waals surface area contributed by atoms with Crippen LogP contribution < -0.4 is 0 Å². The maximum absolute atomic E-state index is 2.56. The number of rotatable bonds is 9. The Bertz CT molecular complexity index is 5140. The first-order valence-corrected chi connectivity index (χ1v) is 29.9. The molecule has 0 bridgehead atoms. The van der Waals surface area contributed by atoms with Crippen LogP contribution in [0.4, 0.5) is 0 Å². The Morgan fingerprint density at radius 3 is 1.06 bits per heavy atom. The van der Waals surface area contributed by atoms with E-state index in [-0.39, 0.29) is 0 Å². The maximum Gasteiger partial charge on any atom is 0.0714 e. The summed E-state index contributed by atoms with van der Waals surface area (Å²) in [4.78, 5) is 0. The summed E-state index contributed by atoms with van der Waals surface area (Å²) in [6, 6.07) is 124. The molecule has 1 aliphatic rings. The molecule has 86 heavy (non-hydrogen) atoms. The molecule has 16 aromatic rings. The van der Waals surface area contributed by atoms with Crippen LogP contribution >= 0.6 is 0 Å². The second-order valence-corrected chi connectivity index (χ2v) is 23.1. The highest BCUT2D eigenvalue weighted by atomic mass is 15.0. The van der Waals surface area contributed by atoms with Crippen molar-refractivity contribution in [1.82, 2.24) is 4.57 Å². The topological polar surface area (TPSA) is 4.93 Å². The van der Waals surface area contributed by atoms with Crippen molar-refractivity contribution in [2.75, 3.05) is 0 Å². The highest BCUT2D eigenvalue weighted by molar-refractivity contribution is 6.26. The van der Waals surface area contributed by atoms with Crippen LogP contribution in [-0.2, 0) is 5.41 Å². The van der Waals surface area contributed by atoms with Crippen molar-refractivity contribution >= 4 is 54.1 Å². The predicted octanol–water partition coefficient (Wildman–Crippen LogP) is 22.6. The smallest absolute Gasteiger partial charge is 0.0714 e. The molecule has 0 aliphatic heterocycles. The lowest BCUT2D eigenvalue weighted by Gasteiger charge is -2.34. The van der Waals surface area contributed by atoms with Gasteiger partial charge in [-0.15, -0.1) is 0 Å². The first-order chi connectivity index (χ1) is 42.6. The van der Waals surface area contributed by atoms with Crippen molar-refractivity contribution in [3.8, 4) is 83.6 Å². The fourth-order valence-electron chi connectivity index (χ4n) is 14.5. The molecule has 0 fully saturated rings. The van der Waals surface area contributed by atoms with Crippen LogP contribution in [0, 0.1) is 0 Å². The number of fused-ring (bicyclic) bond motifs is 12. The molecular formula is C85H55N. The molecule has 1 aromatic heterocycles. The first-order valence-electron chi connectivity index (χ1n) is 29.9. The fraction of sp³-hybridized carbons (Fsp3) is 0.0118. The lowest BCUT2D eigenvalue weighted by Crippen LogP contribution is -2.28. The lowest BCUT2D eigenvalue weighted by molar-refractivity contribution is 0.769. The summed E-state index contributed by atoms with van der Waals surface area (Å²) in [7, 11) is 0. The molecule has 0 atom stereocenters. The van der Waals surface area contributed by atoms with E-state index in [1.54, 1.807) is 0 Å². The van der Waals surface area contributed by atoms with Crippen molar-refractivity contribution in [2.45, 2.75) is 5.41 Å². The van der Waals surface area contributed by atoms with Crippen molar-refractivity contribution < 1.29 is 0 Å². The van der Waals surface area contributed by atoms with Gasteiger partial charge in [0.2, 0.25) is 0 Å². The Balaban J connectivity index is 0.944. The average Bonchev–Trinajstić information content (AvgIpc) is 1.58. The SMILES string of the molecule is c1ccc(-c2cc(-c3ccccc3)cc(-c3ccc4c5ccccc5c5ccc(-n6c7ccc(-c8cc(-c9ccccc9)cc(-c9ccccc9)c8)cc7c7cc8c(cc76)C(c6ccccc6)(c6ccccc6)c6ccccc6-8)cc5c4c3)c2)cc1. The molecule has 15 aromatic carbocycles. The van der Waals surface area contributed by atoms with E-state index in [2.05, 4.69) is 338 Å². The Kier molecular flexibility index (Phi) is 11.5. The van der Waals surface area contributed by atoms with Gasteiger partial charge in [-0.3, -0.25) is 0 Å². The van der Waals surface area contributed by atoms with E-state index in [0.29, 0.717) is 0 Å². The highest BCUT2D eigenvalue weighted by Crippen LogP contribution is 2.58. The number of aromatic nitrogens is 1. The van der Waals surface area contributed by atoms with Gasteiger partial charge in [0, 0.05) is 16.5 Å². The van der Waals surface area contributed by atoms with Crippen molar-refractivity contribution in [2.24, 2.45) is 0 Å². The standard InChI is InChI=1S/C85H55N/c1-7-23-56(24-8-1)62-45-63(57-25-9-2-10-26-57)48-66(47-62)60-39-42-73-71-35-19-20-36-72(71)74-43-41-70(53-77(74)76(73)51-60)86-83-44-40-61(67-49-64(58-27-11-3-12-28-58)46-65(50-67)59-29-13-4-14-30-59)52-79(83)80-54-78-75-37-21-22-38-81(75)85(82(78)55-84(80)86,68-31-15-5-16-32-68)69-33-17-6-18-34-69/h1-55H. The van der Waals surface area contributed by atoms with E-state index in [4.69, 9.17) is 0 Å². The maximum atomic E-state index is 2.56. The minimum absolute atomic E-state index is 0.576. The highest BCUT2D eigenvalue weighted by Gasteiger charge is 2.46. The summed E-state index contributed by atoms with van der Waals surface area (Å²) < 4.78 is 2.56. The molecular weight excluding hydrogens is 1030 g/mol. The molecule has 0 radical (unpaired) electrons. The van der Waals surface area contributed by atoms with E-state index < -0.39 is 5.41 Å². The summed E-state index contributed by atoms with van der Waals surface area (Å²) in [6.07, 6.45) is 0. The zero-order valence-corrected chi connectivity index (χ0v) is 47.2. The average molecular weight is 1090 g/mol. The molecule has 400 valence electrons. The van der Waals surface area contributed by atoms with Gasteiger partial charge in [-0.1, -0.05) is 255 Å². The number of benzene rings is 15. The minimum atomic E-state index is -0.576. The third-order valence-corrected chi connectivity index (χ3v) is 18.4. The Hall–Kier alpha value is -11.1. The molecule has 0 N–H and O–H groups in total. The molecule has 1 nitrogen and oxygen atoms in total. The third kappa shape index (κ3) is 7.93.